The molecular formula is C15H19N3O5. The second-order valence-electron chi connectivity index (χ2n) is 5.53. The van der Waals surface area contributed by atoms with Crippen molar-refractivity contribution in [3.8, 4) is 0 Å². The van der Waals surface area contributed by atoms with E-state index in [0.29, 0.717) is 6.61 Å². The highest BCUT2D eigenvalue weighted by Gasteiger charge is 2.53. The van der Waals surface area contributed by atoms with E-state index in [1.165, 1.54) is 7.11 Å². The van der Waals surface area contributed by atoms with Crippen LogP contribution < -0.4 is 0 Å². The van der Waals surface area contributed by atoms with Crippen molar-refractivity contribution in [1.29, 1.82) is 0 Å². The maximum Gasteiger partial charge on any atom is 0.186 e. The molecule has 23 heavy (non-hydrogen) atoms. The normalized spacial score (nSPS) is 36.3. The van der Waals surface area contributed by atoms with Gasteiger partial charge < -0.3 is 24.1 Å². The number of methoxy groups -OCH3 is 1. The average Bonchev–Trinajstić information content (AvgIpc) is 2.94. The van der Waals surface area contributed by atoms with Crippen LogP contribution in [0.25, 0.3) is 10.4 Å². The van der Waals surface area contributed by atoms with Crippen molar-refractivity contribution in [3.63, 3.8) is 0 Å². The Morgan fingerprint density at radius 3 is 2.83 bits per heavy atom. The van der Waals surface area contributed by atoms with Gasteiger partial charge in [-0.2, -0.15) is 0 Å². The number of nitrogens with zero attached hydrogens (tertiary/aromatic N) is 3. The summed E-state index contributed by atoms with van der Waals surface area (Å²) < 4.78 is 22.7. The highest BCUT2D eigenvalue weighted by molar-refractivity contribution is 5.13. The number of benzene rings is 1. The smallest absolute Gasteiger partial charge is 0.186 e. The Balaban J connectivity index is 1.73. The van der Waals surface area contributed by atoms with Crippen LogP contribution in [0.15, 0.2) is 35.4 Å². The van der Waals surface area contributed by atoms with Crippen molar-refractivity contribution >= 4 is 0 Å². The Labute approximate surface area is 133 Å². The Bertz CT molecular complexity index is 565. The number of aliphatic hydroxyl groups excluding tert-OH is 1. The van der Waals surface area contributed by atoms with Crippen LogP contribution in [0.3, 0.4) is 0 Å². The number of azide groups is 1. The van der Waals surface area contributed by atoms with E-state index in [2.05, 4.69) is 10.0 Å². The summed E-state index contributed by atoms with van der Waals surface area (Å²) in [6.45, 7) is 0.450. The van der Waals surface area contributed by atoms with Crippen LogP contribution in [0.2, 0.25) is 0 Å². The van der Waals surface area contributed by atoms with E-state index in [1.807, 2.05) is 30.3 Å². The molecule has 0 saturated carbocycles. The fraction of sp³-hybridized carbons (Fsp3) is 0.600. The first-order valence-electron chi connectivity index (χ1n) is 7.42. The summed E-state index contributed by atoms with van der Waals surface area (Å²) in [6, 6.07) is 9.01. The second-order valence-corrected chi connectivity index (χ2v) is 5.53. The lowest BCUT2D eigenvalue weighted by molar-refractivity contribution is -0.167. The lowest BCUT2D eigenvalue weighted by Gasteiger charge is -2.34. The van der Waals surface area contributed by atoms with Gasteiger partial charge in [0.05, 0.1) is 25.4 Å². The molecule has 1 aromatic rings. The number of rotatable bonds is 5. The van der Waals surface area contributed by atoms with Gasteiger partial charge in [-0.25, -0.2) is 0 Å². The van der Waals surface area contributed by atoms with Crippen molar-refractivity contribution in [2.24, 2.45) is 5.11 Å². The predicted octanol–water partition coefficient (Wildman–Crippen LogP) is 1.38. The highest BCUT2D eigenvalue weighted by atomic mass is 16.7. The van der Waals surface area contributed by atoms with Gasteiger partial charge in [0.25, 0.3) is 0 Å². The zero-order valence-electron chi connectivity index (χ0n) is 12.7. The Hall–Kier alpha value is -1.67. The van der Waals surface area contributed by atoms with Gasteiger partial charge in [-0.15, -0.1) is 0 Å². The van der Waals surface area contributed by atoms with Crippen LogP contribution in [0, 0.1) is 0 Å². The molecule has 0 aliphatic carbocycles. The minimum atomic E-state index is -0.905. The van der Waals surface area contributed by atoms with Crippen LogP contribution in [0.1, 0.15) is 5.56 Å². The van der Waals surface area contributed by atoms with Crippen LogP contribution in [-0.4, -0.2) is 55.6 Å². The standard InChI is InChI=1S/C15H19N3O5/c1-20-15-14(21-7-9-5-3-2-4-6-9)13-12(23-15)11(17-18-16)10(19)8-22-13/h2-6,10-15,19H,7-8H2,1H3/t10-,11-,12-,13-,14-,15-/m1/s1. The maximum absolute atomic E-state index is 9.95. The molecule has 8 nitrogen and oxygen atoms in total. The third kappa shape index (κ3) is 3.32. The van der Waals surface area contributed by atoms with Crippen molar-refractivity contribution in [1.82, 2.24) is 0 Å². The molecule has 0 radical (unpaired) electrons. The Morgan fingerprint density at radius 1 is 1.35 bits per heavy atom. The van der Waals surface area contributed by atoms with Gasteiger partial charge in [-0.05, 0) is 11.1 Å². The molecule has 8 heteroatoms. The van der Waals surface area contributed by atoms with E-state index < -0.39 is 36.7 Å². The van der Waals surface area contributed by atoms with Crippen LogP contribution in [-0.2, 0) is 25.6 Å². The summed E-state index contributed by atoms with van der Waals surface area (Å²) in [5.41, 5.74) is 9.71. The van der Waals surface area contributed by atoms with E-state index in [-0.39, 0.29) is 6.61 Å². The molecule has 0 amide bonds. The second kappa shape index (κ2) is 7.27. The number of fused-ring (bicyclic) bond motifs is 1. The highest BCUT2D eigenvalue weighted by Crippen LogP contribution is 2.35. The van der Waals surface area contributed by atoms with E-state index >= 15 is 0 Å². The van der Waals surface area contributed by atoms with E-state index in [1.54, 1.807) is 0 Å². The van der Waals surface area contributed by atoms with E-state index in [9.17, 15) is 5.11 Å². The third-order valence-corrected chi connectivity index (χ3v) is 4.10. The van der Waals surface area contributed by atoms with Gasteiger partial charge in [-0.3, -0.25) is 0 Å². The summed E-state index contributed by atoms with van der Waals surface area (Å²) in [4.78, 5) is 2.79. The van der Waals surface area contributed by atoms with Gasteiger partial charge in [0.15, 0.2) is 6.29 Å². The van der Waals surface area contributed by atoms with Gasteiger partial charge in [0.2, 0.25) is 0 Å². The zero-order valence-corrected chi connectivity index (χ0v) is 12.7. The van der Waals surface area contributed by atoms with Crippen LogP contribution in [0.5, 0.6) is 0 Å². The summed E-state index contributed by atoms with van der Waals surface area (Å²) >= 11 is 0. The van der Waals surface area contributed by atoms with Crippen molar-refractivity contribution in [2.75, 3.05) is 13.7 Å². The number of hydrogen-bond acceptors (Lipinski definition) is 6. The minimum absolute atomic E-state index is 0.0653. The first kappa shape index (κ1) is 16.2. The quantitative estimate of drug-likeness (QED) is 0.501. The molecule has 124 valence electrons. The molecular weight excluding hydrogens is 302 g/mol. The number of ether oxygens (including phenoxy) is 4. The molecule has 2 aliphatic rings. The molecule has 1 N–H and O–H groups in total. The first-order chi connectivity index (χ1) is 11.2. The molecule has 0 unspecified atom stereocenters. The fourth-order valence-electron chi connectivity index (χ4n) is 2.98. The molecule has 3 rings (SSSR count). The maximum atomic E-state index is 9.95. The molecule has 2 aliphatic heterocycles. The summed E-state index contributed by atoms with van der Waals surface area (Å²) in [5.74, 6) is 0. The molecule has 6 atom stereocenters. The molecule has 1 aromatic carbocycles. The molecule has 0 bridgehead atoms. The SMILES string of the molecule is CO[C@@H]1O[C@@H]2[C@H](N=[N+]=[N-])[C@H](O)CO[C@H]2[C@H]1OCc1ccccc1. The van der Waals surface area contributed by atoms with Gasteiger partial charge in [-0.1, -0.05) is 35.4 Å². The van der Waals surface area contributed by atoms with Crippen molar-refractivity contribution in [2.45, 2.75) is 43.4 Å². The van der Waals surface area contributed by atoms with Crippen molar-refractivity contribution < 1.29 is 24.1 Å². The van der Waals surface area contributed by atoms with Gasteiger partial charge >= 0.3 is 0 Å². The third-order valence-electron chi connectivity index (χ3n) is 4.10. The molecule has 0 aromatic heterocycles. The fourth-order valence-corrected chi connectivity index (χ4v) is 2.98. The molecule has 2 heterocycles. The Kier molecular flexibility index (Phi) is 5.12. The molecule has 0 spiro atoms. The minimum Gasteiger partial charge on any atom is -0.390 e. The van der Waals surface area contributed by atoms with Gasteiger partial charge in [0.1, 0.15) is 18.3 Å². The number of aliphatic hydroxyl groups is 1. The van der Waals surface area contributed by atoms with Crippen molar-refractivity contribution in [3.05, 3.63) is 46.3 Å². The molecule has 2 fully saturated rings. The zero-order chi connectivity index (χ0) is 16.2. The first-order valence-corrected chi connectivity index (χ1v) is 7.42. The monoisotopic (exact) mass is 321 g/mol. The summed E-state index contributed by atoms with van der Waals surface area (Å²) in [7, 11) is 1.51. The summed E-state index contributed by atoms with van der Waals surface area (Å²) in [6.07, 6.45) is -3.06. The lowest BCUT2D eigenvalue weighted by Crippen LogP contribution is -2.52. The molecule has 2 saturated heterocycles. The number of hydrogen-bond donors (Lipinski definition) is 1. The van der Waals surface area contributed by atoms with Crippen LogP contribution >= 0.6 is 0 Å². The van der Waals surface area contributed by atoms with E-state index in [4.69, 9.17) is 24.5 Å². The van der Waals surface area contributed by atoms with E-state index in [0.717, 1.165) is 5.56 Å². The average molecular weight is 321 g/mol. The van der Waals surface area contributed by atoms with Gasteiger partial charge in [0, 0.05) is 12.0 Å². The predicted molar refractivity (Wildman–Crippen MR) is 79.4 cm³/mol. The lowest BCUT2D eigenvalue weighted by atomic mass is 9.96. The largest absolute Gasteiger partial charge is 0.390 e. The Morgan fingerprint density at radius 2 is 2.13 bits per heavy atom. The topological polar surface area (TPSA) is 106 Å². The summed E-state index contributed by atoms with van der Waals surface area (Å²) in [5, 5.41) is 13.6. The van der Waals surface area contributed by atoms with Crippen LogP contribution in [0.4, 0.5) is 0 Å².